The Bertz CT molecular complexity index is 2450. The van der Waals surface area contributed by atoms with Crippen molar-refractivity contribution in [1.29, 1.82) is 0 Å². The Morgan fingerprint density at radius 2 is 1.02 bits per heavy atom. The van der Waals surface area contributed by atoms with Gasteiger partial charge in [0.1, 0.15) is 22.3 Å². The first-order valence-electron chi connectivity index (χ1n) is 14.5. The highest BCUT2D eigenvalue weighted by Gasteiger charge is 2.21. The second-order valence-corrected chi connectivity index (χ2v) is 10.9. The first kappa shape index (κ1) is 23.9. The summed E-state index contributed by atoms with van der Waals surface area (Å²) < 4.78 is 12.8. The average Bonchev–Trinajstić information content (AvgIpc) is 3.64. The predicted molar refractivity (Wildman–Crippen MR) is 179 cm³/mol. The number of fused-ring (bicyclic) bond motifs is 8. The molecule has 0 saturated carbocycles. The molecule has 202 valence electrons. The molecule has 0 unspecified atom stereocenters. The van der Waals surface area contributed by atoms with Crippen LogP contribution in [0.25, 0.3) is 65.8 Å². The van der Waals surface area contributed by atoms with Gasteiger partial charge in [-0.3, -0.25) is 0 Å². The molecule has 0 N–H and O–H groups in total. The molecule has 9 rings (SSSR count). The normalized spacial score (nSPS) is 11.7. The summed E-state index contributed by atoms with van der Waals surface area (Å²) in [6.45, 7) is 0. The maximum Gasteiger partial charge on any atom is 0.137 e. The SMILES string of the molecule is c1ccc(-c2cc3oc4ccc(N(c5ccccc5)c5cccc6oc7ccccc7c56)cc4c3c3ccccc23)cc1. The van der Waals surface area contributed by atoms with E-state index in [1.54, 1.807) is 0 Å². The van der Waals surface area contributed by atoms with E-state index in [1.807, 2.05) is 18.2 Å². The van der Waals surface area contributed by atoms with Gasteiger partial charge in [0.2, 0.25) is 0 Å². The Balaban J connectivity index is 1.33. The number of hydrogen-bond acceptors (Lipinski definition) is 3. The van der Waals surface area contributed by atoms with Gasteiger partial charge in [0.15, 0.2) is 0 Å². The van der Waals surface area contributed by atoms with E-state index < -0.39 is 0 Å². The number of nitrogens with zero attached hydrogens (tertiary/aromatic N) is 1. The standard InChI is InChI=1S/C40H25NO2/c1-3-12-26(13-4-1)32-25-38-39(30-17-8-7-16-29(30)32)33-24-28(22-23-36(33)43-38)41(27-14-5-2-6-15-27)34-19-11-21-37-40(34)31-18-9-10-20-35(31)42-37/h1-25H. The molecule has 0 fully saturated rings. The fourth-order valence-corrected chi connectivity index (χ4v) is 6.57. The van der Waals surface area contributed by atoms with E-state index >= 15 is 0 Å². The smallest absolute Gasteiger partial charge is 0.137 e. The Kier molecular flexibility index (Phi) is 5.20. The number of para-hydroxylation sites is 2. The molecule has 0 aliphatic heterocycles. The minimum Gasteiger partial charge on any atom is -0.456 e. The molecule has 0 aliphatic rings. The molecule has 0 amide bonds. The molecule has 3 heteroatoms. The lowest BCUT2D eigenvalue weighted by molar-refractivity contribution is 0.668. The number of anilines is 3. The molecule has 9 aromatic rings. The van der Waals surface area contributed by atoms with Gasteiger partial charge >= 0.3 is 0 Å². The Labute approximate surface area is 247 Å². The monoisotopic (exact) mass is 551 g/mol. The highest BCUT2D eigenvalue weighted by molar-refractivity contribution is 6.23. The van der Waals surface area contributed by atoms with Crippen molar-refractivity contribution in [3.05, 3.63) is 152 Å². The fourth-order valence-electron chi connectivity index (χ4n) is 6.57. The molecule has 0 radical (unpaired) electrons. The van der Waals surface area contributed by atoms with Crippen molar-refractivity contribution >= 4 is 71.7 Å². The van der Waals surface area contributed by atoms with Crippen molar-refractivity contribution in [3.8, 4) is 11.1 Å². The van der Waals surface area contributed by atoms with E-state index in [4.69, 9.17) is 8.83 Å². The molecular formula is C40H25NO2. The summed E-state index contributed by atoms with van der Waals surface area (Å²) in [7, 11) is 0. The van der Waals surface area contributed by atoms with Gasteiger partial charge in [-0.1, -0.05) is 97.1 Å². The molecule has 0 bridgehead atoms. The predicted octanol–water partition coefficient (Wildman–Crippen LogP) is 11.8. The van der Waals surface area contributed by atoms with Crippen molar-refractivity contribution in [2.75, 3.05) is 4.90 Å². The Morgan fingerprint density at radius 1 is 0.372 bits per heavy atom. The lowest BCUT2D eigenvalue weighted by atomic mass is 9.95. The molecule has 2 aromatic heterocycles. The second kappa shape index (κ2) is 9.37. The van der Waals surface area contributed by atoms with Crippen LogP contribution in [0.3, 0.4) is 0 Å². The first-order chi connectivity index (χ1) is 21.3. The third kappa shape index (κ3) is 3.68. The summed E-state index contributed by atoms with van der Waals surface area (Å²) in [5.41, 5.74) is 9.05. The lowest BCUT2D eigenvalue weighted by Gasteiger charge is -2.26. The maximum atomic E-state index is 6.55. The topological polar surface area (TPSA) is 29.5 Å². The van der Waals surface area contributed by atoms with Crippen LogP contribution in [0.15, 0.2) is 160 Å². The van der Waals surface area contributed by atoms with Gasteiger partial charge in [0.25, 0.3) is 0 Å². The second-order valence-electron chi connectivity index (χ2n) is 10.9. The third-order valence-electron chi connectivity index (χ3n) is 8.44. The average molecular weight is 552 g/mol. The Morgan fingerprint density at radius 3 is 1.86 bits per heavy atom. The number of hydrogen-bond donors (Lipinski definition) is 0. The van der Waals surface area contributed by atoms with Gasteiger partial charge in [0, 0.05) is 27.5 Å². The summed E-state index contributed by atoms with van der Waals surface area (Å²) in [5, 5.41) is 6.81. The van der Waals surface area contributed by atoms with Gasteiger partial charge in [-0.15, -0.1) is 0 Å². The van der Waals surface area contributed by atoms with E-state index in [0.717, 1.165) is 60.9 Å². The van der Waals surface area contributed by atoms with Gasteiger partial charge in [-0.2, -0.15) is 0 Å². The molecule has 3 nitrogen and oxygen atoms in total. The summed E-state index contributed by atoms with van der Waals surface area (Å²) in [6.07, 6.45) is 0. The summed E-state index contributed by atoms with van der Waals surface area (Å²) in [4.78, 5) is 2.32. The van der Waals surface area contributed by atoms with Gasteiger partial charge in [0.05, 0.1) is 11.1 Å². The third-order valence-corrected chi connectivity index (χ3v) is 8.44. The molecular weight excluding hydrogens is 526 g/mol. The van der Waals surface area contributed by atoms with Crippen molar-refractivity contribution < 1.29 is 8.83 Å². The van der Waals surface area contributed by atoms with E-state index in [9.17, 15) is 0 Å². The molecule has 43 heavy (non-hydrogen) atoms. The van der Waals surface area contributed by atoms with Crippen LogP contribution in [-0.2, 0) is 0 Å². The molecule has 0 aliphatic carbocycles. The van der Waals surface area contributed by atoms with E-state index in [1.165, 1.54) is 21.9 Å². The van der Waals surface area contributed by atoms with Crippen LogP contribution in [-0.4, -0.2) is 0 Å². The van der Waals surface area contributed by atoms with Crippen molar-refractivity contribution in [3.63, 3.8) is 0 Å². The zero-order valence-electron chi connectivity index (χ0n) is 23.2. The van der Waals surface area contributed by atoms with Crippen LogP contribution in [0.4, 0.5) is 17.1 Å². The largest absolute Gasteiger partial charge is 0.456 e. The van der Waals surface area contributed by atoms with Crippen molar-refractivity contribution in [1.82, 2.24) is 0 Å². The zero-order valence-corrected chi connectivity index (χ0v) is 23.2. The van der Waals surface area contributed by atoms with Crippen LogP contribution in [0, 0.1) is 0 Å². The maximum absolute atomic E-state index is 6.55. The van der Waals surface area contributed by atoms with E-state index in [2.05, 4.69) is 138 Å². The Hall–Kier alpha value is -5.80. The minimum atomic E-state index is 0.869. The summed E-state index contributed by atoms with van der Waals surface area (Å²) in [5.74, 6) is 0. The first-order valence-corrected chi connectivity index (χ1v) is 14.5. The van der Waals surface area contributed by atoms with Gasteiger partial charge < -0.3 is 13.7 Å². The highest BCUT2D eigenvalue weighted by atomic mass is 16.3. The molecule has 0 atom stereocenters. The summed E-state index contributed by atoms with van der Waals surface area (Å²) in [6, 6.07) is 53.0. The molecule has 2 heterocycles. The molecule has 0 saturated heterocycles. The van der Waals surface area contributed by atoms with Crippen molar-refractivity contribution in [2.24, 2.45) is 0 Å². The molecule has 7 aromatic carbocycles. The van der Waals surface area contributed by atoms with Gasteiger partial charge in [-0.05, 0) is 76.5 Å². The zero-order chi connectivity index (χ0) is 28.3. The van der Waals surface area contributed by atoms with Crippen LogP contribution in [0.1, 0.15) is 0 Å². The molecule has 0 spiro atoms. The van der Waals surface area contributed by atoms with Crippen LogP contribution in [0.5, 0.6) is 0 Å². The lowest BCUT2D eigenvalue weighted by Crippen LogP contribution is -2.10. The van der Waals surface area contributed by atoms with Crippen LogP contribution < -0.4 is 4.90 Å². The van der Waals surface area contributed by atoms with E-state index in [-0.39, 0.29) is 0 Å². The fraction of sp³-hybridized carbons (Fsp3) is 0. The van der Waals surface area contributed by atoms with Gasteiger partial charge in [-0.25, -0.2) is 0 Å². The number of furan rings is 2. The minimum absolute atomic E-state index is 0.869. The summed E-state index contributed by atoms with van der Waals surface area (Å²) >= 11 is 0. The quantitative estimate of drug-likeness (QED) is 0.218. The van der Waals surface area contributed by atoms with Crippen molar-refractivity contribution in [2.45, 2.75) is 0 Å². The van der Waals surface area contributed by atoms with Crippen LogP contribution in [0.2, 0.25) is 0 Å². The number of rotatable bonds is 4. The number of benzene rings is 7. The van der Waals surface area contributed by atoms with Crippen LogP contribution >= 0.6 is 0 Å². The van der Waals surface area contributed by atoms with E-state index in [0.29, 0.717) is 0 Å². The highest BCUT2D eigenvalue weighted by Crippen LogP contribution is 2.45.